The maximum Gasteiger partial charge on any atom is 0.235 e. The van der Waals surface area contributed by atoms with E-state index in [1.165, 1.54) is 30.4 Å². The van der Waals surface area contributed by atoms with Crippen molar-refractivity contribution in [2.24, 2.45) is 0 Å². The SMILES string of the molecule is C=CCCN(NC(C)=O)c1ccc2c(c1)CCCC2. The molecule has 0 fully saturated rings. The summed E-state index contributed by atoms with van der Waals surface area (Å²) in [6.45, 7) is 6.03. The molecule has 0 heterocycles. The second-order valence-electron chi connectivity index (χ2n) is 5.06. The number of fused-ring (bicyclic) bond motifs is 1. The van der Waals surface area contributed by atoms with E-state index in [-0.39, 0.29) is 5.91 Å². The van der Waals surface area contributed by atoms with Crippen molar-refractivity contribution in [1.29, 1.82) is 0 Å². The zero-order valence-electron chi connectivity index (χ0n) is 11.6. The summed E-state index contributed by atoms with van der Waals surface area (Å²) in [5.41, 5.74) is 6.84. The van der Waals surface area contributed by atoms with Gasteiger partial charge in [-0.15, -0.1) is 6.58 Å². The highest BCUT2D eigenvalue weighted by molar-refractivity contribution is 5.75. The lowest BCUT2D eigenvalue weighted by atomic mass is 9.91. The lowest BCUT2D eigenvalue weighted by molar-refractivity contribution is -0.119. The summed E-state index contributed by atoms with van der Waals surface area (Å²) >= 11 is 0. The smallest absolute Gasteiger partial charge is 0.235 e. The minimum atomic E-state index is -0.0400. The first-order chi connectivity index (χ1) is 9.20. The van der Waals surface area contributed by atoms with Crippen LogP contribution in [-0.2, 0) is 17.6 Å². The third-order valence-electron chi connectivity index (χ3n) is 3.49. The van der Waals surface area contributed by atoms with Crippen molar-refractivity contribution in [3.63, 3.8) is 0 Å². The number of carbonyl (C=O) groups is 1. The van der Waals surface area contributed by atoms with Gasteiger partial charge < -0.3 is 0 Å². The monoisotopic (exact) mass is 258 g/mol. The molecule has 1 N–H and O–H groups in total. The minimum Gasteiger partial charge on any atom is -0.285 e. The van der Waals surface area contributed by atoms with E-state index in [1.54, 1.807) is 6.92 Å². The summed E-state index contributed by atoms with van der Waals surface area (Å²) < 4.78 is 0. The van der Waals surface area contributed by atoms with E-state index in [4.69, 9.17) is 0 Å². The predicted molar refractivity (Wildman–Crippen MR) is 79.1 cm³/mol. The van der Waals surface area contributed by atoms with Crippen molar-refractivity contribution in [3.8, 4) is 0 Å². The number of rotatable bonds is 5. The maximum absolute atomic E-state index is 11.3. The first-order valence-electron chi connectivity index (χ1n) is 6.98. The molecule has 0 aromatic heterocycles. The average Bonchev–Trinajstić information content (AvgIpc) is 2.42. The Balaban J connectivity index is 2.19. The molecule has 3 nitrogen and oxygen atoms in total. The Bertz CT molecular complexity index is 468. The minimum absolute atomic E-state index is 0.0400. The van der Waals surface area contributed by atoms with Crippen LogP contribution in [0.2, 0.25) is 0 Å². The van der Waals surface area contributed by atoms with Gasteiger partial charge in [-0.05, 0) is 55.4 Å². The van der Waals surface area contributed by atoms with Crippen molar-refractivity contribution < 1.29 is 4.79 Å². The van der Waals surface area contributed by atoms with E-state index in [2.05, 4.69) is 30.2 Å². The molecule has 0 radical (unpaired) electrons. The Morgan fingerprint density at radius 3 is 2.79 bits per heavy atom. The molecule has 102 valence electrons. The summed E-state index contributed by atoms with van der Waals surface area (Å²) in [4.78, 5) is 11.3. The third kappa shape index (κ3) is 3.60. The average molecular weight is 258 g/mol. The Kier molecular flexibility index (Phi) is 4.61. The van der Waals surface area contributed by atoms with Gasteiger partial charge in [-0.3, -0.25) is 15.2 Å². The van der Waals surface area contributed by atoms with Gasteiger partial charge in [-0.2, -0.15) is 0 Å². The quantitative estimate of drug-likeness (QED) is 0.650. The van der Waals surface area contributed by atoms with Gasteiger partial charge in [0.2, 0.25) is 5.91 Å². The van der Waals surface area contributed by atoms with E-state index in [0.717, 1.165) is 25.1 Å². The third-order valence-corrected chi connectivity index (χ3v) is 3.49. The van der Waals surface area contributed by atoms with Gasteiger partial charge in [0.05, 0.1) is 5.69 Å². The Morgan fingerprint density at radius 1 is 1.37 bits per heavy atom. The zero-order valence-corrected chi connectivity index (χ0v) is 11.6. The fraction of sp³-hybridized carbons (Fsp3) is 0.438. The van der Waals surface area contributed by atoms with Gasteiger partial charge in [-0.25, -0.2) is 0 Å². The second-order valence-corrected chi connectivity index (χ2v) is 5.06. The topological polar surface area (TPSA) is 32.3 Å². The molecule has 0 unspecified atom stereocenters. The van der Waals surface area contributed by atoms with Crippen molar-refractivity contribution in [3.05, 3.63) is 42.0 Å². The first-order valence-corrected chi connectivity index (χ1v) is 6.98. The van der Waals surface area contributed by atoms with Gasteiger partial charge in [-0.1, -0.05) is 12.1 Å². The lowest BCUT2D eigenvalue weighted by Gasteiger charge is -2.26. The molecule has 0 bridgehead atoms. The number of hydrazine groups is 1. The predicted octanol–water partition coefficient (Wildman–Crippen LogP) is 3.00. The second kappa shape index (κ2) is 6.41. The molecule has 2 rings (SSSR count). The van der Waals surface area contributed by atoms with Crippen LogP contribution in [0.25, 0.3) is 0 Å². The van der Waals surface area contributed by atoms with E-state index in [0.29, 0.717) is 0 Å². The first kappa shape index (κ1) is 13.7. The number of anilines is 1. The molecule has 19 heavy (non-hydrogen) atoms. The summed E-state index contributed by atoms with van der Waals surface area (Å²) in [7, 11) is 0. The summed E-state index contributed by atoms with van der Waals surface area (Å²) in [5, 5.41) is 1.92. The van der Waals surface area contributed by atoms with Crippen LogP contribution in [0.1, 0.15) is 37.3 Å². The van der Waals surface area contributed by atoms with Crippen molar-refractivity contribution in [2.45, 2.75) is 39.0 Å². The van der Waals surface area contributed by atoms with Gasteiger partial charge in [0.15, 0.2) is 0 Å². The molecule has 1 aliphatic rings. The highest BCUT2D eigenvalue weighted by Crippen LogP contribution is 2.25. The van der Waals surface area contributed by atoms with Crippen LogP contribution in [-0.4, -0.2) is 12.5 Å². The highest BCUT2D eigenvalue weighted by Gasteiger charge is 2.13. The number of benzene rings is 1. The van der Waals surface area contributed by atoms with Crippen LogP contribution >= 0.6 is 0 Å². The van der Waals surface area contributed by atoms with E-state index < -0.39 is 0 Å². The highest BCUT2D eigenvalue weighted by atomic mass is 16.2. The molecule has 0 aliphatic heterocycles. The number of carbonyl (C=O) groups excluding carboxylic acids is 1. The molecule has 1 amide bonds. The standard InChI is InChI=1S/C16H22N2O/c1-3-4-11-18(17-13(2)19)16-10-9-14-7-5-6-8-15(14)12-16/h3,9-10,12H,1,4-8,11H2,2H3,(H,17,19). The Hall–Kier alpha value is -1.77. The molecule has 1 aliphatic carbocycles. The van der Waals surface area contributed by atoms with Crippen molar-refractivity contribution in [1.82, 2.24) is 5.43 Å². The van der Waals surface area contributed by atoms with Crippen molar-refractivity contribution >= 4 is 11.6 Å². The lowest BCUT2D eigenvalue weighted by Crippen LogP contribution is -2.41. The zero-order chi connectivity index (χ0) is 13.7. The number of hydrogen-bond acceptors (Lipinski definition) is 2. The molecule has 3 heteroatoms. The largest absolute Gasteiger partial charge is 0.285 e. The van der Waals surface area contributed by atoms with Gasteiger partial charge >= 0.3 is 0 Å². The number of hydrogen-bond donors (Lipinski definition) is 1. The number of amides is 1. The molecule has 1 aromatic carbocycles. The Morgan fingerprint density at radius 2 is 2.11 bits per heavy atom. The van der Waals surface area contributed by atoms with E-state index in [1.807, 2.05) is 11.1 Å². The van der Waals surface area contributed by atoms with Gasteiger partial charge in [0.25, 0.3) is 0 Å². The molecule has 0 saturated carbocycles. The molecule has 0 atom stereocenters. The van der Waals surface area contributed by atoms with Gasteiger partial charge in [0.1, 0.15) is 0 Å². The van der Waals surface area contributed by atoms with E-state index in [9.17, 15) is 4.79 Å². The number of nitrogens with zero attached hydrogens (tertiary/aromatic N) is 1. The van der Waals surface area contributed by atoms with Crippen LogP contribution in [0.15, 0.2) is 30.9 Å². The normalized spacial score (nSPS) is 13.5. The number of nitrogens with one attached hydrogen (secondary N) is 1. The molecule has 0 spiro atoms. The fourth-order valence-electron chi connectivity index (χ4n) is 2.55. The van der Waals surface area contributed by atoms with Crippen LogP contribution in [0, 0.1) is 0 Å². The molecular formula is C16H22N2O. The molecule has 0 saturated heterocycles. The van der Waals surface area contributed by atoms with Crippen LogP contribution < -0.4 is 10.4 Å². The van der Waals surface area contributed by atoms with Crippen LogP contribution in [0.5, 0.6) is 0 Å². The Labute approximate surface area is 115 Å². The number of aryl methyl sites for hydroxylation is 2. The molecular weight excluding hydrogens is 236 g/mol. The van der Waals surface area contributed by atoms with Crippen LogP contribution in [0.4, 0.5) is 5.69 Å². The van der Waals surface area contributed by atoms with Crippen molar-refractivity contribution in [2.75, 3.05) is 11.6 Å². The van der Waals surface area contributed by atoms with Gasteiger partial charge in [0, 0.05) is 13.5 Å². The summed E-state index contributed by atoms with van der Waals surface area (Å²) in [6.07, 6.45) is 7.60. The molecule has 1 aromatic rings. The summed E-state index contributed by atoms with van der Waals surface area (Å²) in [6, 6.07) is 6.52. The maximum atomic E-state index is 11.3. The van der Waals surface area contributed by atoms with E-state index >= 15 is 0 Å². The van der Waals surface area contributed by atoms with Crippen LogP contribution in [0.3, 0.4) is 0 Å². The summed E-state index contributed by atoms with van der Waals surface area (Å²) in [5.74, 6) is -0.0400. The fourth-order valence-corrected chi connectivity index (χ4v) is 2.55.